The Labute approximate surface area is 200 Å². The zero-order valence-electron chi connectivity index (χ0n) is 20.3. The molecule has 1 N–H and O–H groups in total. The minimum Gasteiger partial charge on any atom is -0.493 e. The molecule has 1 aliphatic carbocycles. The van der Waals surface area contributed by atoms with Crippen molar-refractivity contribution in [2.45, 2.75) is 51.0 Å². The van der Waals surface area contributed by atoms with E-state index in [1.54, 1.807) is 21.3 Å². The SMILES string of the molecule is COc1cc([C@@H]2CC(=O)NC3=C2C(=O)C[C@@H](c2ccc(OC(C)C)cc2)C3)cc(OC)c1OC. The van der Waals surface area contributed by atoms with Gasteiger partial charge in [0.1, 0.15) is 5.75 Å². The number of nitrogens with one attached hydrogen (secondary N) is 1. The minimum absolute atomic E-state index is 0.00154. The summed E-state index contributed by atoms with van der Waals surface area (Å²) in [6.07, 6.45) is 1.27. The second kappa shape index (κ2) is 9.79. The number of carbonyl (C=O) groups is 2. The monoisotopic (exact) mass is 465 g/mol. The maximum atomic E-state index is 13.4. The van der Waals surface area contributed by atoms with E-state index in [9.17, 15) is 9.59 Å². The van der Waals surface area contributed by atoms with Crippen LogP contribution in [0.4, 0.5) is 0 Å². The van der Waals surface area contributed by atoms with Crippen LogP contribution in [0.1, 0.15) is 56.1 Å². The van der Waals surface area contributed by atoms with Gasteiger partial charge in [0.25, 0.3) is 0 Å². The number of allylic oxidation sites excluding steroid dienone is 2. The average Bonchev–Trinajstić information content (AvgIpc) is 2.82. The molecule has 2 atom stereocenters. The Hall–Kier alpha value is -3.48. The minimum atomic E-state index is -0.368. The van der Waals surface area contributed by atoms with Crippen LogP contribution in [0.2, 0.25) is 0 Å². The van der Waals surface area contributed by atoms with E-state index in [0.717, 1.165) is 16.9 Å². The van der Waals surface area contributed by atoms with Crippen LogP contribution in [0.25, 0.3) is 0 Å². The Bertz CT molecular complexity index is 1090. The smallest absolute Gasteiger partial charge is 0.225 e. The van der Waals surface area contributed by atoms with Gasteiger partial charge in [-0.2, -0.15) is 0 Å². The van der Waals surface area contributed by atoms with E-state index in [0.29, 0.717) is 41.4 Å². The molecule has 7 heteroatoms. The van der Waals surface area contributed by atoms with Gasteiger partial charge in [-0.25, -0.2) is 0 Å². The lowest BCUT2D eigenvalue weighted by molar-refractivity contribution is -0.122. The number of carbonyl (C=O) groups excluding carboxylic acids is 2. The molecule has 1 heterocycles. The standard InChI is InChI=1S/C27H31NO6/c1-15(2)34-19-8-6-16(7-9-19)17-10-21-26(22(29)11-17)20(14-25(30)28-21)18-12-23(31-3)27(33-5)24(13-18)32-4/h6-9,12-13,15,17,20H,10-11,14H2,1-5H3,(H,28,30)/t17-,20-/m0/s1. The summed E-state index contributed by atoms with van der Waals surface area (Å²) < 4.78 is 22.1. The number of hydrogen-bond acceptors (Lipinski definition) is 6. The van der Waals surface area contributed by atoms with Crippen LogP contribution in [-0.4, -0.2) is 39.1 Å². The summed E-state index contributed by atoms with van der Waals surface area (Å²) in [4.78, 5) is 26.1. The Balaban J connectivity index is 1.68. The molecule has 0 unspecified atom stereocenters. The van der Waals surface area contributed by atoms with E-state index in [1.807, 2.05) is 50.2 Å². The van der Waals surface area contributed by atoms with Crippen molar-refractivity contribution in [3.8, 4) is 23.0 Å². The van der Waals surface area contributed by atoms with Crippen molar-refractivity contribution in [3.63, 3.8) is 0 Å². The molecule has 0 saturated carbocycles. The maximum Gasteiger partial charge on any atom is 0.225 e. The predicted molar refractivity (Wildman–Crippen MR) is 128 cm³/mol. The molecule has 4 rings (SSSR count). The molecule has 0 fully saturated rings. The molecular weight excluding hydrogens is 434 g/mol. The topological polar surface area (TPSA) is 83.1 Å². The van der Waals surface area contributed by atoms with Crippen molar-refractivity contribution in [1.82, 2.24) is 5.32 Å². The van der Waals surface area contributed by atoms with Crippen molar-refractivity contribution in [2.75, 3.05) is 21.3 Å². The van der Waals surface area contributed by atoms with E-state index >= 15 is 0 Å². The van der Waals surface area contributed by atoms with Crippen molar-refractivity contribution in [2.24, 2.45) is 0 Å². The van der Waals surface area contributed by atoms with Crippen molar-refractivity contribution < 1.29 is 28.5 Å². The van der Waals surface area contributed by atoms with Gasteiger partial charge >= 0.3 is 0 Å². The zero-order valence-corrected chi connectivity index (χ0v) is 20.3. The third-order valence-corrected chi connectivity index (χ3v) is 6.35. The van der Waals surface area contributed by atoms with Gasteiger partial charge in [-0.15, -0.1) is 0 Å². The number of rotatable bonds is 7. The van der Waals surface area contributed by atoms with Crippen molar-refractivity contribution in [1.29, 1.82) is 0 Å². The molecule has 2 aliphatic rings. The summed E-state index contributed by atoms with van der Waals surface area (Å²) in [6, 6.07) is 11.5. The van der Waals surface area contributed by atoms with Gasteiger partial charge in [0.2, 0.25) is 11.7 Å². The lowest BCUT2D eigenvalue weighted by atomic mass is 9.73. The molecule has 0 radical (unpaired) electrons. The van der Waals surface area contributed by atoms with Crippen LogP contribution in [0, 0.1) is 0 Å². The highest BCUT2D eigenvalue weighted by molar-refractivity contribution is 6.02. The van der Waals surface area contributed by atoms with Gasteiger partial charge in [0, 0.05) is 30.0 Å². The van der Waals surface area contributed by atoms with Gasteiger partial charge < -0.3 is 24.3 Å². The summed E-state index contributed by atoms with van der Waals surface area (Å²) in [5.41, 5.74) is 3.22. The number of hydrogen-bond donors (Lipinski definition) is 1. The van der Waals surface area contributed by atoms with Crippen LogP contribution >= 0.6 is 0 Å². The third kappa shape index (κ3) is 4.60. The summed E-state index contributed by atoms with van der Waals surface area (Å²) >= 11 is 0. The molecule has 1 amide bonds. The number of ketones is 1. The van der Waals surface area contributed by atoms with Gasteiger partial charge in [0.05, 0.1) is 27.4 Å². The quantitative estimate of drug-likeness (QED) is 0.648. The first kappa shape index (κ1) is 23.7. The van der Waals surface area contributed by atoms with Crippen LogP contribution in [0.3, 0.4) is 0 Å². The van der Waals surface area contributed by atoms with Gasteiger partial charge in [-0.1, -0.05) is 12.1 Å². The van der Waals surface area contributed by atoms with Crippen LogP contribution < -0.4 is 24.3 Å². The van der Waals surface area contributed by atoms with E-state index in [1.165, 1.54) is 0 Å². The highest BCUT2D eigenvalue weighted by Gasteiger charge is 2.38. The number of Topliss-reactive ketones (excluding diaryl/α,β-unsaturated/α-hetero) is 1. The average molecular weight is 466 g/mol. The molecule has 0 aromatic heterocycles. The Kier molecular flexibility index (Phi) is 6.82. The predicted octanol–water partition coefficient (Wildman–Crippen LogP) is 4.50. The van der Waals surface area contributed by atoms with E-state index < -0.39 is 0 Å². The fourth-order valence-electron chi connectivity index (χ4n) is 4.87. The Morgan fingerprint density at radius 2 is 1.50 bits per heavy atom. The molecule has 180 valence electrons. The maximum absolute atomic E-state index is 13.4. The highest BCUT2D eigenvalue weighted by Crippen LogP contribution is 2.46. The van der Waals surface area contributed by atoms with Crippen LogP contribution in [-0.2, 0) is 9.59 Å². The number of benzene rings is 2. The first-order valence-corrected chi connectivity index (χ1v) is 11.5. The molecule has 2 aromatic rings. The molecule has 0 bridgehead atoms. The van der Waals surface area contributed by atoms with E-state index in [2.05, 4.69) is 5.32 Å². The summed E-state index contributed by atoms with van der Waals surface area (Å²) in [5.74, 6) is 1.84. The molecule has 1 aliphatic heterocycles. The lowest BCUT2D eigenvalue weighted by Gasteiger charge is -2.34. The molecule has 0 spiro atoms. The fourth-order valence-corrected chi connectivity index (χ4v) is 4.87. The molecule has 2 aromatic carbocycles. The second-order valence-electron chi connectivity index (χ2n) is 8.92. The van der Waals surface area contributed by atoms with Crippen molar-refractivity contribution >= 4 is 11.7 Å². The van der Waals surface area contributed by atoms with E-state index in [4.69, 9.17) is 18.9 Å². The number of methoxy groups -OCH3 is 3. The summed E-state index contributed by atoms with van der Waals surface area (Å²) in [6.45, 7) is 3.97. The largest absolute Gasteiger partial charge is 0.493 e. The van der Waals surface area contributed by atoms with Crippen LogP contribution in [0.5, 0.6) is 23.0 Å². The molecule has 7 nitrogen and oxygen atoms in total. The fraction of sp³-hybridized carbons (Fsp3) is 0.407. The summed E-state index contributed by atoms with van der Waals surface area (Å²) in [7, 11) is 4.64. The lowest BCUT2D eigenvalue weighted by Crippen LogP contribution is -2.38. The zero-order chi connectivity index (χ0) is 24.4. The second-order valence-corrected chi connectivity index (χ2v) is 8.92. The first-order chi connectivity index (χ1) is 16.3. The Morgan fingerprint density at radius 1 is 0.853 bits per heavy atom. The first-order valence-electron chi connectivity index (χ1n) is 11.5. The van der Waals surface area contributed by atoms with Crippen molar-refractivity contribution in [3.05, 3.63) is 58.8 Å². The van der Waals surface area contributed by atoms with Gasteiger partial charge in [-0.3, -0.25) is 9.59 Å². The van der Waals surface area contributed by atoms with Gasteiger partial charge in [-0.05, 0) is 61.6 Å². The van der Waals surface area contributed by atoms with Crippen LogP contribution in [0.15, 0.2) is 47.7 Å². The Morgan fingerprint density at radius 3 is 2.06 bits per heavy atom. The number of amides is 1. The number of ether oxygens (including phenoxy) is 4. The summed E-state index contributed by atoms with van der Waals surface area (Å²) in [5, 5.41) is 2.97. The van der Waals surface area contributed by atoms with E-state index in [-0.39, 0.29) is 36.1 Å². The molecule has 34 heavy (non-hydrogen) atoms. The van der Waals surface area contributed by atoms with Gasteiger partial charge in [0.15, 0.2) is 17.3 Å². The molecular formula is C27H31NO6. The highest BCUT2D eigenvalue weighted by atomic mass is 16.5. The molecule has 0 saturated heterocycles. The third-order valence-electron chi connectivity index (χ3n) is 6.35. The normalized spacial score (nSPS) is 20.1.